The maximum Gasteiger partial charge on any atom is 0.338 e. The van der Waals surface area contributed by atoms with E-state index in [1.54, 1.807) is 48.5 Å². The van der Waals surface area contributed by atoms with Crippen molar-refractivity contribution in [3.05, 3.63) is 65.2 Å². The van der Waals surface area contributed by atoms with E-state index in [1.807, 2.05) is 0 Å². The van der Waals surface area contributed by atoms with Crippen molar-refractivity contribution < 1.29 is 19.1 Å². The smallest absolute Gasteiger partial charge is 0.338 e. The van der Waals surface area contributed by atoms with Gasteiger partial charge in [0.05, 0.1) is 12.2 Å². The molecule has 4 N–H and O–H groups in total. The summed E-state index contributed by atoms with van der Waals surface area (Å²) in [5.41, 5.74) is 14.9. The van der Waals surface area contributed by atoms with Crippen molar-refractivity contribution in [3.8, 4) is 0 Å². The number of nitrogen functional groups attached to an aromatic ring is 2. The molecule has 0 saturated heterocycles. The lowest BCUT2D eigenvalue weighted by atomic mass is 9.89. The summed E-state index contributed by atoms with van der Waals surface area (Å²) in [6.45, 7) is 2.46. The first-order chi connectivity index (χ1) is 14.9. The number of hydrogen-bond acceptors (Lipinski definition) is 6. The van der Waals surface area contributed by atoms with Gasteiger partial charge >= 0.3 is 11.9 Å². The van der Waals surface area contributed by atoms with E-state index in [2.05, 4.69) is 6.92 Å². The minimum Gasteiger partial charge on any atom is -0.462 e. The molecule has 1 fully saturated rings. The van der Waals surface area contributed by atoms with Crippen LogP contribution >= 0.6 is 0 Å². The Bertz CT molecular complexity index is 909. The van der Waals surface area contributed by atoms with Gasteiger partial charge in [-0.2, -0.15) is 0 Å². The van der Waals surface area contributed by atoms with Gasteiger partial charge in [0.2, 0.25) is 0 Å². The Labute approximate surface area is 183 Å². The Hall–Kier alpha value is -3.28. The van der Waals surface area contributed by atoms with Gasteiger partial charge in [0.1, 0.15) is 6.10 Å². The second-order valence-electron chi connectivity index (χ2n) is 8.17. The summed E-state index contributed by atoms with van der Waals surface area (Å²) >= 11 is 0. The van der Waals surface area contributed by atoms with Gasteiger partial charge in [-0.05, 0) is 79.1 Å². The molecular formula is C25H30N2O4. The predicted molar refractivity (Wildman–Crippen MR) is 122 cm³/mol. The zero-order valence-electron chi connectivity index (χ0n) is 17.9. The van der Waals surface area contributed by atoms with E-state index in [4.69, 9.17) is 20.9 Å². The quantitative estimate of drug-likeness (QED) is 0.390. The Morgan fingerprint density at radius 1 is 1.00 bits per heavy atom. The van der Waals surface area contributed by atoms with Crippen molar-refractivity contribution in [2.75, 3.05) is 18.1 Å². The van der Waals surface area contributed by atoms with Crippen LogP contribution in [0.1, 0.15) is 54.1 Å². The maximum absolute atomic E-state index is 12.3. The van der Waals surface area contributed by atoms with Crippen LogP contribution in [0.3, 0.4) is 0 Å². The molecule has 0 radical (unpaired) electrons. The molecule has 0 amide bonds. The number of ether oxygens (including phenoxy) is 2. The van der Waals surface area contributed by atoms with Gasteiger partial charge in [0, 0.05) is 23.9 Å². The molecule has 1 aliphatic carbocycles. The molecule has 0 aliphatic heterocycles. The van der Waals surface area contributed by atoms with E-state index < -0.39 is 5.97 Å². The Morgan fingerprint density at radius 3 is 2.29 bits per heavy atom. The third-order valence-corrected chi connectivity index (χ3v) is 5.47. The summed E-state index contributed by atoms with van der Waals surface area (Å²) in [6, 6.07) is 12.3. The number of benzene rings is 2. The molecule has 3 rings (SSSR count). The summed E-state index contributed by atoms with van der Waals surface area (Å²) in [5.74, 6) is -0.0211. The van der Waals surface area contributed by atoms with Crippen molar-refractivity contribution in [2.24, 2.45) is 5.92 Å². The van der Waals surface area contributed by atoms with Crippen LogP contribution in [-0.4, -0.2) is 24.6 Å². The van der Waals surface area contributed by atoms with Crippen LogP contribution in [0.2, 0.25) is 0 Å². The highest BCUT2D eigenvalue weighted by Gasteiger charge is 2.22. The Balaban J connectivity index is 1.44. The summed E-state index contributed by atoms with van der Waals surface area (Å²) < 4.78 is 10.8. The molecule has 2 aromatic rings. The van der Waals surface area contributed by atoms with E-state index >= 15 is 0 Å². The molecule has 0 aromatic heterocycles. The Morgan fingerprint density at radius 2 is 1.65 bits per heavy atom. The van der Waals surface area contributed by atoms with Crippen LogP contribution in [0.25, 0.3) is 6.08 Å². The predicted octanol–water partition coefficient (Wildman–Crippen LogP) is 4.39. The number of esters is 2. The van der Waals surface area contributed by atoms with Gasteiger partial charge in [-0.25, -0.2) is 9.59 Å². The molecule has 6 heteroatoms. The lowest BCUT2D eigenvalue weighted by Gasteiger charge is -2.25. The van der Waals surface area contributed by atoms with E-state index in [-0.39, 0.29) is 18.7 Å². The normalized spacial score (nSPS) is 18.6. The average Bonchev–Trinajstić information content (AvgIpc) is 2.73. The van der Waals surface area contributed by atoms with Gasteiger partial charge < -0.3 is 20.9 Å². The lowest BCUT2D eigenvalue weighted by Crippen LogP contribution is -2.23. The highest BCUT2D eigenvalue weighted by molar-refractivity contribution is 5.90. The molecular weight excluding hydrogens is 392 g/mol. The van der Waals surface area contributed by atoms with E-state index in [9.17, 15) is 9.59 Å². The van der Waals surface area contributed by atoms with Crippen LogP contribution in [0.5, 0.6) is 0 Å². The fourth-order valence-corrected chi connectivity index (χ4v) is 3.67. The van der Waals surface area contributed by atoms with E-state index in [1.165, 1.54) is 6.08 Å². The lowest BCUT2D eigenvalue weighted by molar-refractivity contribution is -0.137. The first-order valence-corrected chi connectivity index (χ1v) is 10.7. The van der Waals surface area contributed by atoms with Crippen molar-refractivity contribution in [1.29, 1.82) is 0 Å². The summed E-state index contributed by atoms with van der Waals surface area (Å²) in [6.07, 6.45) is 7.63. The molecule has 0 spiro atoms. The molecule has 31 heavy (non-hydrogen) atoms. The van der Waals surface area contributed by atoms with E-state index in [0.29, 0.717) is 29.3 Å². The molecule has 6 nitrogen and oxygen atoms in total. The fraction of sp³-hybridized carbons (Fsp3) is 0.360. The van der Waals surface area contributed by atoms with Gasteiger partial charge in [-0.1, -0.05) is 19.1 Å². The number of carbonyl (C=O) groups excluding carboxylic acids is 2. The second-order valence-corrected chi connectivity index (χ2v) is 8.17. The van der Waals surface area contributed by atoms with Gasteiger partial charge in [0.15, 0.2) is 0 Å². The van der Waals surface area contributed by atoms with Crippen molar-refractivity contribution in [3.63, 3.8) is 0 Å². The molecule has 1 aliphatic rings. The standard InChI is InChI=1S/C25H30N2O4/c1-17-2-9-23(10-3-17)31-25(29)20-7-4-18(5-8-20)6-11-24(28)30-13-12-19-14-21(26)16-22(27)15-19/h4-8,11,14-17,23H,2-3,9-10,12-13,26-27H2,1H3. The fourth-order valence-electron chi connectivity index (χ4n) is 3.67. The highest BCUT2D eigenvalue weighted by Crippen LogP contribution is 2.26. The number of anilines is 2. The van der Waals surface area contributed by atoms with Crippen molar-refractivity contribution in [2.45, 2.75) is 45.1 Å². The number of carbonyl (C=O) groups is 2. The van der Waals surface area contributed by atoms with Crippen LogP contribution < -0.4 is 11.5 Å². The van der Waals surface area contributed by atoms with Crippen molar-refractivity contribution in [1.82, 2.24) is 0 Å². The zero-order valence-corrected chi connectivity index (χ0v) is 17.9. The molecule has 164 valence electrons. The molecule has 0 atom stereocenters. The monoisotopic (exact) mass is 422 g/mol. The molecule has 0 bridgehead atoms. The topological polar surface area (TPSA) is 105 Å². The number of rotatable bonds is 7. The third-order valence-electron chi connectivity index (χ3n) is 5.47. The van der Waals surface area contributed by atoms with Gasteiger partial charge in [-0.3, -0.25) is 0 Å². The first kappa shape index (κ1) is 22.4. The third kappa shape index (κ3) is 7.17. The molecule has 0 heterocycles. The van der Waals surface area contributed by atoms with Crippen LogP contribution in [-0.2, 0) is 20.7 Å². The zero-order chi connectivity index (χ0) is 22.2. The van der Waals surface area contributed by atoms with Crippen LogP contribution in [0, 0.1) is 5.92 Å². The number of hydrogen-bond donors (Lipinski definition) is 2. The molecule has 2 aromatic carbocycles. The molecule has 0 unspecified atom stereocenters. The summed E-state index contributed by atoms with van der Waals surface area (Å²) in [5, 5.41) is 0. The van der Waals surface area contributed by atoms with Crippen LogP contribution in [0.4, 0.5) is 11.4 Å². The summed E-state index contributed by atoms with van der Waals surface area (Å²) in [4.78, 5) is 24.2. The minimum absolute atomic E-state index is 0.0156. The van der Waals surface area contributed by atoms with Gasteiger partial charge in [0.25, 0.3) is 0 Å². The highest BCUT2D eigenvalue weighted by atomic mass is 16.5. The van der Waals surface area contributed by atoms with Crippen LogP contribution in [0.15, 0.2) is 48.5 Å². The second kappa shape index (κ2) is 10.7. The maximum atomic E-state index is 12.3. The first-order valence-electron chi connectivity index (χ1n) is 10.7. The SMILES string of the molecule is CC1CCC(OC(=O)c2ccc(C=CC(=O)OCCc3cc(N)cc(N)c3)cc2)CC1. The largest absolute Gasteiger partial charge is 0.462 e. The van der Waals surface area contributed by atoms with Crippen molar-refractivity contribution >= 4 is 29.4 Å². The van der Waals surface area contributed by atoms with E-state index in [0.717, 1.165) is 36.8 Å². The number of nitrogens with two attached hydrogens (primary N) is 2. The molecule has 1 saturated carbocycles. The average molecular weight is 423 g/mol. The summed E-state index contributed by atoms with van der Waals surface area (Å²) in [7, 11) is 0. The minimum atomic E-state index is -0.438. The van der Waals surface area contributed by atoms with Gasteiger partial charge in [-0.15, -0.1) is 0 Å². The Kier molecular flexibility index (Phi) is 7.70.